The average molecular weight is 479 g/mol. The summed E-state index contributed by atoms with van der Waals surface area (Å²) in [6, 6.07) is 3.45. The van der Waals surface area contributed by atoms with Crippen LogP contribution in [0.3, 0.4) is 0 Å². The number of amides is 3. The van der Waals surface area contributed by atoms with Crippen LogP contribution in [0.5, 0.6) is 11.5 Å². The summed E-state index contributed by atoms with van der Waals surface area (Å²) < 4.78 is 11.6. The van der Waals surface area contributed by atoms with Crippen LogP contribution in [0.2, 0.25) is 0 Å². The molecule has 0 aromatic heterocycles. The van der Waals surface area contributed by atoms with Crippen molar-refractivity contribution in [3.63, 3.8) is 0 Å². The van der Waals surface area contributed by atoms with Gasteiger partial charge in [-0.25, -0.2) is 0 Å². The Kier molecular flexibility index (Phi) is 6.87. The second-order valence-electron chi connectivity index (χ2n) is 6.37. The van der Waals surface area contributed by atoms with Gasteiger partial charge in [0, 0.05) is 23.1 Å². The molecular formula is C20H19BrN2O5S. The summed E-state index contributed by atoms with van der Waals surface area (Å²) in [6.07, 6.45) is 8.71. The van der Waals surface area contributed by atoms with Crippen LogP contribution in [0.15, 0.2) is 21.5 Å². The number of methoxy groups -OCH3 is 1. The Bertz CT molecular complexity index is 918. The Labute approximate surface area is 181 Å². The maximum Gasteiger partial charge on any atom is 0.294 e. The lowest BCUT2D eigenvalue weighted by Crippen LogP contribution is -2.40. The molecule has 2 saturated heterocycles. The van der Waals surface area contributed by atoms with E-state index in [-0.39, 0.29) is 24.0 Å². The fourth-order valence-electron chi connectivity index (χ4n) is 3.10. The molecule has 0 bridgehead atoms. The predicted octanol–water partition coefficient (Wildman–Crippen LogP) is 3.13. The minimum Gasteiger partial charge on any atom is -0.493 e. The van der Waals surface area contributed by atoms with Gasteiger partial charge in [0.15, 0.2) is 11.5 Å². The number of benzene rings is 1. The van der Waals surface area contributed by atoms with Crippen molar-refractivity contribution < 1.29 is 23.9 Å². The Morgan fingerprint density at radius 2 is 2.07 bits per heavy atom. The number of imide groups is 1. The number of rotatable bonds is 6. The number of nitrogens with zero attached hydrogens (tertiary/aromatic N) is 2. The van der Waals surface area contributed by atoms with Gasteiger partial charge in [-0.3, -0.25) is 19.3 Å². The van der Waals surface area contributed by atoms with E-state index in [4.69, 9.17) is 15.9 Å². The molecule has 0 saturated carbocycles. The number of likely N-dealkylation sites (tertiary alicyclic amines) is 1. The second kappa shape index (κ2) is 9.37. The summed E-state index contributed by atoms with van der Waals surface area (Å²) >= 11 is 4.18. The summed E-state index contributed by atoms with van der Waals surface area (Å²) in [6.45, 7) is 1.10. The molecule has 0 unspecified atom stereocenters. The standard InChI is InChI=1S/C20H19BrN2O5S/c1-3-8-28-18-13(9-14(21)11-15(18)27-2)10-16-19(25)23(20(26)29-16)12-17(24)22-6-4-5-7-22/h1,9-11H,4-8,12H2,2H3/b16-10-. The maximum atomic E-state index is 12.8. The molecule has 29 heavy (non-hydrogen) atoms. The molecule has 2 aliphatic heterocycles. The number of hydrogen-bond acceptors (Lipinski definition) is 6. The molecule has 3 amide bonds. The van der Waals surface area contributed by atoms with Gasteiger partial charge in [-0.2, -0.15) is 0 Å². The third-order valence-electron chi connectivity index (χ3n) is 4.48. The van der Waals surface area contributed by atoms with Gasteiger partial charge in [-0.05, 0) is 42.8 Å². The Hall–Kier alpha value is -2.44. The summed E-state index contributed by atoms with van der Waals surface area (Å²) in [5.74, 6) is 2.47. The van der Waals surface area contributed by atoms with E-state index in [1.54, 1.807) is 23.1 Å². The molecule has 2 aliphatic rings. The Morgan fingerprint density at radius 1 is 1.34 bits per heavy atom. The zero-order valence-corrected chi connectivity index (χ0v) is 18.2. The van der Waals surface area contributed by atoms with E-state index in [0.29, 0.717) is 34.6 Å². The van der Waals surface area contributed by atoms with Crippen molar-refractivity contribution in [1.29, 1.82) is 0 Å². The lowest BCUT2D eigenvalue weighted by molar-refractivity contribution is -0.135. The zero-order chi connectivity index (χ0) is 21.0. The van der Waals surface area contributed by atoms with E-state index in [1.807, 2.05) is 0 Å². The number of ether oxygens (including phenoxy) is 2. The van der Waals surface area contributed by atoms with Crippen molar-refractivity contribution in [3.05, 3.63) is 27.1 Å². The van der Waals surface area contributed by atoms with Crippen molar-refractivity contribution in [3.8, 4) is 23.8 Å². The van der Waals surface area contributed by atoms with Gasteiger partial charge >= 0.3 is 0 Å². The van der Waals surface area contributed by atoms with Gasteiger partial charge in [-0.1, -0.05) is 21.9 Å². The van der Waals surface area contributed by atoms with Crippen molar-refractivity contribution in [2.75, 3.05) is 33.4 Å². The molecular weight excluding hydrogens is 460 g/mol. The van der Waals surface area contributed by atoms with Gasteiger partial charge in [-0.15, -0.1) is 6.42 Å². The molecule has 2 fully saturated rings. The van der Waals surface area contributed by atoms with Crippen LogP contribution < -0.4 is 9.47 Å². The van der Waals surface area contributed by atoms with Crippen LogP contribution in [-0.2, 0) is 9.59 Å². The van der Waals surface area contributed by atoms with Crippen molar-refractivity contribution in [2.24, 2.45) is 0 Å². The number of hydrogen-bond donors (Lipinski definition) is 0. The first-order valence-corrected chi connectivity index (χ1v) is 10.5. The highest BCUT2D eigenvalue weighted by Gasteiger charge is 2.37. The first-order chi connectivity index (χ1) is 13.9. The quantitative estimate of drug-likeness (QED) is 0.461. The maximum absolute atomic E-state index is 12.8. The molecule has 0 aliphatic carbocycles. The van der Waals surface area contributed by atoms with Crippen LogP contribution >= 0.6 is 27.7 Å². The van der Waals surface area contributed by atoms with Gasteiger partial charge in [0.1, 0.15) is 13.2 Å². The van der Waals surface area contributed by atoms with Crippen molar-refractivity contribution in [2.45, 2.75) is 12.8 Å². The van der Waals surface area contributed by atoms with Gasteiger partial charge in [0.05, 0.1) is 12.0 Å². The molecule has 0 N–H and O–H groups in total. The molecule has 9 heteroatoms. The predicted molar refractivity (Wildman–Crippen MR) is 114 cm³/mol. The average Bonchev–Trinajstić information content (AvgIpc) is 3.32. The van der Waals surface area contributed by atoms with Crippen LogP contribution in [-0.4, -0.2) is 60.2 Å². The molecule has 152 valence electrons. The van der Waals surface area contributed by atoms with E-state index in [2.05, 4.69) is 21.9 Å². The fourth-order valence-corrected chi connectivity index (χ4v) is 4.38. The van der Waals surface area contributed by atoms with E-state index in [9.17, 15) is 14.4 Å². The zero-order valence-electron chi connectivity index (χ0n) is 15.8. The third kappa shape index (κ3) is 4.77. The highest BCUT2D eigenvalue weighted by molar-refractivity contribution is 9.10. The fraction of sp³-hybridized carbons (Fsp3) is 0.350. The first-order valence-electron chi connectivity index (χ1n) is 8.91. The van der Waals surface area contributed by atoms with Gasteiger partial charge in [0.2, 0.25) is 5.91 Å². The molecule has 0 radical (unpaired) electrons. The van der Waals surface area contributed by atoms with Crippen molar-refractivity contribution in [1.82, 2.24) is 9.80 Å². The van der Waals surface area contributed by atoms with E-state index < -0.39 is 11.1 Å². The molecule has 7 nitrogen and oxygen atoms in total. The molecule has 1 aromatic rings. The highest BCUT2D eigenvalue weighted by Crippen LogP contribution is 2.39. The smallest absolute Gasteiger partial charge is 0.294 e. The number of halogens is 1. The topological polar surface area (TPSA) is 76.2 Å². The molecule has 1 aromatic carbocycles. The lowest BCUT2D eigenvalue weighted by Gasteiger charge is -2.18. The lowest BCUT2D eigenvalue weighted by atomic mass is 10.1. The molecule has 2 heterocycles. The largest absolute Gasteiger partial charge is 0.493 e. The monoisotopic (exact) mass is 478 g/mol. The van der Waals surface area contributed by atoms with E-state index in [1.165, 1.54) is 7.11 Å². The first kappa shape index (κ1) is 21.3. The number of carbonyl (C=O) groups is 3. The van der Waals surface area contributed by atoms with Crippen LogP contribution in [0.1, 0.15) is 18.4 Å². The van der Waals surface area contributed by atoms with Crippen molar-refractivity contribution >= 4 is 50.8 Å². The summed E-state index contributed by atoms with van der Waals surface area (Å²) in [7, 11) is 1.49. The highest BCUT2D eigenvalue weighted by atomic mass is 79.9. The minimum absolute atomic E-state index is 0.0185. The molecule has 0 atom stereocenters. The number of thioether (sulfide) groups is 1. The Balaban J connectivity index is 1.86. The number of terminal acetylenes is 1. The van der Waals surface area contributed by atoms with Gasteiger partial charge in [0.25, 0.3) is 11.1 Å². The summed E-state index contributed by atoms with van der Waals surface area (Å²) in [5.41, 5.74) is 0.530. The second-order valence-corrected chi connectivity index (χ2v) is 8.28. The minimum atomic E-state index is -0.505. The number of carbonyl (C=O) groups excluding carboxylic acids is 3. The van der Waals surface area contributed by atoms with Crippen LogP contribution in [0.4, 0.5) is 4.79 Å². The molecule has 3 rings (SSSR count). The Morgan fingerprint density at radius 3 is 2.72 bits per heavy atom. The summed E-state index contributed by atoms with van der Waals surface area (Å²) in [5, 5.41) is -0.471. The summed E-state index contributed by atoms with van der Waals surface area (Å²) in [4.78, 5) is 40.3. The molecule has 0 spiro atoms. The SMILES string of the molecule is C#CCOc1c(/C=C2\SC(=O)N(CC(=O)N3CCCC3)C2=O)cc(Br)cc1OC. The van der Waals surface area contributed by atoms with Crippen LogP contribution in [0, 0.1) is 12.3 Å². The van der Waals surface area contributed by atoms with Gasteiger partial charge < -0.3 is 14.4 Å². The normalized spacial score (nSPS) is 17.8. The van der Waals surface area contributed by atoms with E-state index >= 15 is 0 Å². The van der Waals surface area contributed by atoms with Crippen LogP contribution in [0.25, 0.3) is 6.08 Å². The third-order valence-corrected chi connectivity index (χ3v) is 5.85. The van der Waals surface area contributed by atoms with E-state index in [0.717, 1.165) is 29.5 Å².